The van der Waals surface area contributed by atoms with Crippen molar-refractivity contribution in [1.29, 1.82) is 0 Å². The molecule has 1 aromatic heterocycles. The maximum atomic E-state index is 11.6. The van der Waals surface area contributed by atoms with Gasteiger partial charge < -0.3 is 14.6 Å². The molecule has 0 bridgehead atoms. The summed E-state index contributed by atoms with van der Waals surface area (Å²) in [5.41, 5.74) is 0.243. The molecule has 0 saturated carbocycles. The molecule has 98 valence electrons. The van der Waals surface area contributed by atoms with Gasteiger partial charge in [0.05, 0.1) is 18.8 Å². The topological polar surface area (TPSA) is 93.6 Å². The van der Waals surface area contributed by atoms with Gasteiger partial charge >= 0.3 is 5.69 Å². The third kappa shape index (κ3) is 2.54. The van der Waals surface area contributed by atoms with Gasteiger partial charge in [0.2, 0.25) is 0 Å². The van der Waals surface area contributed by atoms with Gasteiger partial charge in [0, 0.05) is 11.7 Å². The zero-order valence-electron chi connectivity index (χ0n) is 9.21. The second kappa shape index (κ2) is 5.49. The second-order valence-electron chi connectivity index (χ2n) is 3.58. The molecule has 1 aromatic rings. The van der Waals surface area contributed by atoms with E-state index < -0.39 is 23.8 Å². The van der Waals surface area contributed by atoms with E-state index >= 15 is 0 Å². The van der Waals surface area contributed by atoms with E-state index in [1.807, 2.05) is 0 Å². The van der Waals surface area contributed by atoms with Gasteiger partial charge in [0.25, 0.3) is 5.56 Å². The molecule has 1 aliphatic heterocycles. The van der Waals surface area contributed by atoms with Crippen molar-refractivity contribution in [3.05, 3.63) is 38.1 Å². The van der Waals surface area contributed by atoms with Gasteiger partial charge in [0.15, 0.2) is 12.5 Å². The molecule has 2 rings (SSSR count). The van der Waals surface area contributed by atoms with Crippen LogP contribution in [0.1, 0.15) is 11.8 Å². The number of ether oxygens (including phenoxy) is 2. The minimum absolute atomic E-state index is 0.112. The van der Waals surface area contributed by atoms with Crippen molar-refractivity contribution < 1.29 is 14.6 Å². The lowest BCUT2D eigenvalue weighted by Gasteiger charge is -2.12. The summed E-state index contributed by atoms with van der Waals surface area (Å²) in [6, 6.07) is 0. The van der Waals surface area contributed by atoms with Crippen molar-refractivity contribution in [3.8, 4) is 0 Å². The Morgan fingerprint density at radius 3 is 3.00 bits per heavy atom. The van der Waals surface area contributed by atoms with E-state index in [2.05, 4.69) is 4.98 Å². The van der Waals surface area contributed by atoms with Crippen LogP contribution in [0, 0.1) is 0 Å². The molecule has 0 spiro atoms. The van der Waals surface area contributed by atoms with Crippen molar-refractivity contribution in [2.24, 2.45) is 0 Å². The fourth-order valence-corrected chi connectivity index (χ4v) is 1.72. The first-order valence-electron chi connectivity index (χ1n) is 5.16. The van der Waals surface area contributed by atoms with Crippen molar-refractivity contribution in [2.75, 3.05) is 13.2 Å². The third-order valence-electron chi connectivity index (χ3n) is 2.43. The highest BCUT2D eigenvalue weighted by atomic mass is 35.5. The molecule has 1 aliphatic rings. The van der Waals surface area contributed by atoms with Crippen molar-refractivity contribution >= 4 is 17.7 Å². The third-order valence-corrected chi connectivity index (χ3v) is 2.56. The Bertz CT molecular complexity index is 564. The summed E-state index contributed by atoms with van der Waals surface area (Å²) in [5.74, 6) is 0. The summed E-state index contributed by atoms with van der Waals surface area (Å²) in [6.45, 7) is -0.190. The van der Waals surface area contributed by atoms with Crippen LogP contribution in [0.2, 0.25) is 0 Å². The molecule has 7 nitrogen and oxygen atoms in total. The molecule has 0 aromatic carbocycles. The van der Waals surface area contributed by atoms with Crippen LogP contribution in [0.25, 0.3) is 6.08 Å². The van der Waals surface area contributed by atoms with Crippen LogP contribution >= 0.6 is 11.6 Å². The first-order chi connectivity index (χ1) is 8.65. The molecule has 2 heterocycles. The maximum absolute atomic E-state index is 11.6. The van der Waals surface area contributed by atoms with Gasteiger partial charge in [-0.05, 0) is 6.08 Å². The van der Waals surface area contributed by atoms with E-state index in [0.717, 1.165) is 0 Å². The highest BCUT2D eigenvalue weighted by Crippen LogP contribution is 2.18. The first-order valence-corrected chi connectivity index (χ1v) is 5.59. The molecule has 2 N–H and O–H groups in total. The van der Waals surface area contributed by atoms with Crippen molar-refractivity contribution in [3.63, 3.8) is 0 Å². The minimum Gasteiger partial charge on any atom is -0.391 e. The minimum atomic E-state index is -0.763. The quantitative estimate of drug-likeness (QED) is 0.783. The molecular weight excluding hydrogens is 264 g/mol. The van der Waals surface area contributed by atoms with E-state index in [-0.39, 0.29) is 18.8 Å². The zero-order valence-corrected chi connectivity index (χ0v) is 9.96. The lowest BCUT2D eigenvalue weighted by atomic mass is 10.3. The van der Waals surface area contributed by atoms with Crippen LogP contribution in [0.15, 0.2) is 21.3 Å². The molecule has 18 heavy (non-hydrogen) atoms. The molecule has 0 radical (unpaired) electrons. The fourth-order valence-electron chi connectivity index (χ4n) is 1.59. The molecule has 1 saturated heterocycles. The zero-order chi connectivity index (χ0) is 13.1. The van der Waals surface area contributed by atoms with Gasteiger partial charge in [0.1, 0.15) is 0 Å². The van der Waals surface area contributed by atoms with Gasteiger partial charge in [-0.1, -0.05) is 11.6 Å². The van der Waals surface area contributed by atoms with Crippen molar-refractivity contribution in [1.82, 2.24) is 9.55 Å². The predicted molar refractivity (Wildman–Crippen MR) is 63.2 cm³/mol. The average Bonchev–Trinajstić information content (AvgIpc) is 2.81. The van der Waals surface area contributed by atoms with Crippen LogP contribution in [-0.2, 0) is 9.47 Å². The number of aromatic nitrogens is 2. The van der Waals surface area contributed by atoms with Gasteiger partial charge in [-0.2, -0.15) is 0 Å². The summed E-state index contributed by atoms with van der Waals surface area (Å²) in [6.07, 6.45) is 1.23. The van der Waals surface area contributed by atoms with E-state index in [0.29, 0.717) is 0 Å². The number of hydrogen-bond donors (Lipinski definition) is 2. The molecule has 0 amide bonds. The Labute approximate surface area is 106 Å². The summed E-state index contributed by atoms with van der Waals surface area (Å²) in [4.78, 5) is 25.2. The smallest absolute Gasteiger partial charge is 0.330 e. The van der Waals surface area contributed by atoms with Gasteiger partial charge in [-0.3, -0.25) is 14.3 Å². The number of aromatic amines is 1. The average molecular weight is 275 g/mol. The molecular formula is C10H11ClN2O5. The van der Waals surface area contributed by atoms with Gasteiger partial charge in [-0.25, -0.2) is 4.79 Å². The van der Waals surface area contributed by atoms with Crippen LogP contribution < -0.4 is 11.2 Å². The Balaban J connectivity index is 2.36. The Morgan fingerprint density at radius 1 is 1.61 bits per heavy atom. The monoisotopic (exact) mass is 274 g/mol. The molecule has 0 unspecified atom stereocenters. The van der Waals surface area contributed by atoms with E-state index in [9.17, 15) is 9.59 Å². The van der Waals surface area contributed by atoms with Crippen LogP contribution in [0.4, 0.5) is 0 Å². The normalized spacial score (nSPS) is 23.9. The Kier molecular flexibility index (Phi) is 3.97. The Hall–Kier alpha value is -1.41. The van der Waals surface area contributed by atoms with E-state index in [4.69, 9.17) is 26.2 Å². The Morgan fingerprint density at radius 2 is 2.39 bits per heavy atom. The van der Waals surface area contributed by atoms with Crippen LogP contribution in [0.3, 0.4) is 0 Å². The highest BCUT2D eigenvalue weighted by Gasteiger charge is 2.27. The van der Waals surface area contributed by atoms with E-state index in [1.54, 1.807) is 0 Å². The first kappa shape index (κ1) is 13.0. The number of halogens is 1. The fraction of sp³-hybridized carbons (Fsp3) is 0.400. The van der Waals surface area contributed by atoms with E-state index in [1.165, 1.54) is 22.4 Å². The summed E-state index contributed by atoms with van der Waals surface area (Å²) < 4.78 is 11.5. The predicted octanol–water partition coefficient (Wildman–Crippen LogP) is -0.390. The summed E-state index contributed by atoms with van der Waals surface area (Å²) in [7, 11) is 0. The number of rotatable bonds is 3. The van der Waals surface area contributed by atoms with Gasteiger partial charge in [-0.15, -0.1) is 0 Å². The molecule has 0 aliphatic carbocycles. The molecule has 1 fully saturated rings. The van der Waals surface area contributed by atoms with Crippen molar-refractivity contribution in [2.45, 2.75) is 12.5 Å². The number of H-pyrrole nitrogens is 1. The number of aliphatic hydroxyl groups is 1. The maximum Gasteiger partial charge on any atom is 0.330 e. The highest BCUT2D eigenvalue weighted by molar-refractivity contribution is 6.27. The SMILES string of the molecule is O=c1[nH]c(=O)n([C@H]2CO[C@H](CO)O2)cc1C=CCl. The largest absolute Gasteiger partial charge is 0.391 e. The van der Waals surface area contributed by atoms with Crippen LogP contribution in [0.5, 0.6) is 0 Å². The molecule has 2 atom stereocenters. The summed E-state index contributed by atoms with van der Waals surface area (Å²) in [5, 5.41) is 8.86. The number of aliphatic hydroxyl groups excluding tert-OH is 1. The molecule has 8 heteroatoms. The lowest BCUT2D eigenvalue weighted by Crippen LogP contribution is -2.34. The number of nitrogens with zero attached hydrogens (tertiary/aromatic N) is 1. The lowest BCUT2D eigenvalue weighted by molar-refractivity contribution is -0.0993. The standard InChI is InChI=1S/C10H11ClN2O5/c11-2-1-6-3-13(10(16)12-9(6)15)7-5-17-8(4-14)18-7/h1-3,7-8,14H,4-5H2,(H,12,15,16)/t7-,8+/m1/s1. The number of hydrogen-bond acceptors (Lipinski definition) is 5. The van der Waals surface area contributed by atoms with Crippen LogP contribution in [-0.4, -0.2) is 34.2 Å². The summed E-state index contributed by atoms with van der Waals surface area (Å²) >= 11 is 5.40. The number of nitrogens with one attached hydrogen (secondary N) is 1. The second-order valence-corrected chi connectivity index (χ2v) is 3.83.